The Kier molecular flexibility index (Phi) is 5.09. The van der Waals surface area contributed by atoms with E-state index in [9.17, 15) is 0 Å². The van der Waals surface area contributed by atoms with Crippen LogP contribution in [0.2, 0.25) is 0 Å². The first kappa shape index (κ1) is 13.3. The van der Waals surface area contributed by atoms with E-state index in [1.807, 2.05) is 23.9 Å². The quantitative estimate of drug-likeness (QED) is 0.793. The van der Waals surface area contributed by atoms with Crippen molar-refractivity contribution in [2.45, 2.75) is 19.1 Å². The first-order chi connectivity index (χ1) is 7.54. The summed E-state index contributed by atoms with van der Waals surface area (Å²) in [4.78, 5) is 0.444. The third-order valence-corrected chi connectivity index (χ3v) is 3.61. The zero-order chi connectivity index (χ0) is 12.1. The molecule has 3 N–H and O–H groups in total. The van der Waals surface area contributed by atoms with Crippen molar-refractivity contribution in [1.82, 2.24) is 0 Å². The highest BCUT2D eigenvalue weighted by Gasteiger charge is 2.06. The summed E-state index contributed by atoms with van der Waals surface area (Å²) < 4.78 is 0. The van der Waals surface area contributed by atoms with Crippen LogP contribution in [0.5, 0.6) is 0 Å². The molecule has 0 aliphatic heterocycles. The zero-order valence-corrected chi connectivity index (χ0v) is 11.5. The summed E-state index contributed by atoms with van der Waals surface area (Å²) in [6.07, 6.45) is 2.11. The lowest BCUT2D eigenvalue weighted by Gasteiger charge is -2.14. The monoisotopic (exact) mass is 254 g/mol. The van der Waals surface area contributed by atoms with Crippen molar-refractivity contribution in [1.29, 1.82) is 0 Å². The Labute approximate surface area is 107 Å². The van der Waals surface area contributed by atoms with Gasteiger partial charge in [-0.25, -0.2) is 0 Å². The lowest BCUT2D eigenvalue weighted by Crippen LogP contribution is -2.17. The predicted molar refractivity (Wildman–Crippen MR) is 78.5 cm³/mol. The largest absolute Gasteiger partial charge is 0.389 e. The SMILES string of the molecule is CSC(C)CNc1cc(C)ccc1C(N)=S. The maximum absolute atomic E-state index is 5.69. The Hall–Kier alpha value is -0.740. The number of thiocarbonyl (C=S) groups is 1. The number of anilines is 1. The van der Waals surface area contributed by atoms with Crippen molar-refractivity contribution < 1.29 is 0 Å². The van der Waals surface area contributed by atoms with Crippen LogP contribution in [0, 0.1) is 6.92 Å². The van der Waals surface area contributed by atoms with Crippen LogP contribution in [0.4, 0.5) is 5.69 Å². The topological polar surface area (TPSA) is 38.0 Å². The Morgan fingerprint density at radius 1 is 1.56 bits per heavy atom. The zero-order valence-electron chi connectivity index (χ0n) is 9.91. The van der Waals surface area contributed by atoms with Crippen molar-refractivity contribution in [3.63, 3.8) is 0 Å². The van der Waals surface area contributed by atoms with E-state index in [4.69, 9.17) is 18.0 Å². The highest BCUT2D eigenvalue weighted by Crippen LogP contribution is 2.18. The van der Waals surface area contributed by atoms with Gasteiger partial charge in [0.05, 0.1) is 0 Å². The van der Waals surface area contributed by atoms with Crippen LogP contribution < -0.4 is 11.1 Å². The van der Waals surface area contributed by atoms with E-state index in [-0.39, 0.29) is 0 Å². The molecule has 0 radical (unpaired) electrons. The normalized spacial score (nSPS) is 12.2. The van der Waals surface area contributed by atoms with Gasteiger partial charge in [-0.1, -0.05) is 25.2 Å². The summed E-state index contributed by atoms with van der Waals surface area (Å²) in [5, 5.41) is 3.97. The molecule has 1 atom stereocenters. The summed E-state index contributed by atoms with van der Waals surface area (Å²) in [5.74, 6) is 0. The van der Waals surface area contributed by atoms with Gasteiger partial charge in [0.1, 0.15) is 4.99 Å². The second kappa shape index (κ2) is 6.11. The maximum Gasteiger partial charge on any atom is 0.106 e. The number of nitrogens with one attached hydrogen (secondary N) is 1. The molecule has 2 nitrogen and oxygen atoms in total. The molecule has 1 rings (SSSR count). The van der Waals surface area contributed by atoms with Gasteiger partial charge >= 0.3 is 0 Å². The fraction of sp³-hybridized carbons (Fsp3) is 0.417. The van der Waals surface area contributed by atoms with Crippen molar-refractivity contribution in [2.24, 2.45) is 5.73 Å². The van der Waals surface area contributed by atoms with Crippen LogP contribution in [-0.4, -0.2) is 23.0 Å². The van der Waals surface area contributed by atoms with Gasteiger partial charge in [-0.3, -0.25) is 0 Å². The first-order valence-corrected chi connectivity index (χ1v) is 6.91. The molecular weight excluding hydrogens is 236 g/mol. The lowest BCUT2D eigenvalue weighted by molar-refractivity contribution is 1.00. The minimum Gasteiger partial charge on any atom is -0.389 e. The van der Waals surface area contributed by atoms with Gasteiger partial charge in [-0.15, -0.1) is 0 Å². The molecular formula is C12H18N2S2. The molecule has 4 heteroatoms. The smallest absolute Gasteiger partial charge is 0.106 e. The van der Waals surface area contributed by atoms with E-state index in [1.165, 1.54) is 5.56 Å². The van der Waals surface area contributed by atoms with E-state index >= 15 is 0 Å². The molecule has 1 aromatic rings. The summed E-state index contributed by atoms with van der Waals surface area (Å²) >= 11 is 6.87. The van der Waals surface area contributed by atoms with Gasteiger partial charge < -0.3 is 11.1 Å². The number of hydrogen-bond donors (Lipinski definition) is 2. The minimum absolute atomic E-state index is 0.444. The Bertz CT molecular complexity index is 377. The molecule has 0 heterocycles. The molecule has 0 aliphatic carbocycles. The second-order valence-corrected chi connectivity index (χ2v) is 5.56. The van der Waals surface area contributed by atoms with Gasteiger partial charge in [-0.05, 0) is 30.9 Å². The molecule has 0 amide bonds. The van der Waals surface area contributed by atoms with E-state index in [0.29, 0.717) is 10.2 Å². The van der Waals surface area contributed by atoms with Gasteiger partial charge in [0.15, 0.2) is 0 Å². The average molecular weight is 254 g/mol. The molecule has 1 aromatic carbocycles. The van der Waals surface area contributed by atoms with E-state index in [0.717, 1.165) is 17.8 Å². The standard InChI is InChI=1S/C12H18N2S2/c1-8-4-5-10(12(13)15)11(6-8)14-7-9(2)16-3/h4-6,9,14H,7H2,1-3H3,(H2,13,15). The lowest BCUT2D eigenvalue weighted by atomic mass is 10.1. The number of hydrogen-bond acceptors (Lipinski definition) is 3. The number of thioether (sulfide) groups is 1. The maximum atomic E-state index is 5.69. The third-order valence-electron chi connectivity index (χ3n) is 2.42. The van der Waals surface area contributed by atoms with Crippen molar-refractivity contribution in [3.05, 3.63) is 29.3 Å². The number of rotatable bonds is 5. The summed E-state index contributed by atoms with van der Waals surface area (Å²) in [6.45, 7) is 5.17. The van der Waals surface area contributed by atoms with Crippen LogP contribution >= 0.6 is 24.0 Å². The van der Waals surface area contributed by atoms with E-state index in [2.05, 4.69) is 31.5 Å². The van der Waals surface area contributed by atoms with Crippen LogP contribution in [-0.2, 0) is 0 Å². The first-order valence-electron chi connectivity index (χ1n) is 5.21. The fourth-order valence-electron chi connectivity index (χ4n) is 1.36. The molecule has 0 bridgehead atoms. The molecule has 0 spiro atoms. The second-order valence-electron chi connectivity index (χ2n) is 3.84. The van der Waals surface area contributed by atoms with Gasteiger partial charge in [0.25, 0.3) is 0 Å². The summed E-state index contributed by atoms with van der Waals surface area (Å²) in [6, 6.07) is 6.09. The van der Waals surface area contributed by atoms with Gasteiger partial charge in [-0.2, -0.15) is 11.8 Å². The molecule has 88 valence electrons. The molecule has 0 aliphatic rings. The third kappa shape index (κ3) is 3.68. The Morgan fingerprint density at radius 3 is 2.81 bits per heavy atom. The van der Waals surface area contributed by atoms with E-state index in [1.54, 1.807) is 0 Å². The van der Waals surface area contributed by atoms with Gasteiger partial charge in [0, 0.05) is 23.0 Å². The average Bonchev–Trinajstić information content (AvgIpc) is 2.25. The van der Waals surface area contributed by atoms with Crippen molar-refractivity contribution in [3.8, 4) is 0 Å². The van der Waals surface area contributed by atoms with Crippen LogP contribution in [0.15, 0.2) is 18.2 Å². The summed E-state index contributed by atoms with van der Waals surface area (Å²) in [5.41, 5.74) is 8.86. The molecule has 1 unspecified atom stereocenters. The molecule has 0 saturated carbocycles. The van der Waals surface area contributed by atoms with Crippen LogP contribution in [0.25, 0.3) is 0 Å². The summed E-state index contributed by atoms with van der Waals surface area (Å²) in [7, 11) is 0. The molecule has 0 fully saturated rings. The highest BCUT2D eigenvalue weighted by atomic mass is 32.2. The number of aryl methyl sites for hydroxylation is 1. The predicted octanol–water partition coefficient (Wildman–Crippen LogP) is 2.79. The number of nitrogens with two attached hydrogens (primary N) is 1. The molecule has 0 saturated heterocycles. The molecule has 16 heavy (non-hydrogen) atoms. The van der Waals surface area contributed by atoms with Crippen LogP contribution in [0.1, 0.15) is 18.1 Å². The fourth-order valence-corrected chi connectivity index (χ4v) is 1.78. The number of benzene rings is 1. The van der Waals surface area contributed by atoms with Crippen LogP contribution in [0.3, 0.4) is 0 Å². The van der Waals surface area contributed by atoms with Crippen molar-refractivity contribution >= 4 is 34.7 Å². The highest BCUT2D eigenvalue weighted by molar-refractivity contribution is 7.99. The minimum atomic E-state index is 0.444. The van der Waals surface area contributed by atoms with Crippen molar-refractivity contribution in [2.75, 3.05) is 18.1 Å². The van der Waals surface area contributed by atoms with Gasteiger partial charge in [0.2, 0.25) is 0 Å². The Balaban J connectivity index is 2.84. The Morgan fingerprint density at radius 2 is 2.25 bits per heavy atom. The molecule has 0 aromatic heterocycles. The van der Waals surface area contributed by atoms with E-state index < -0.39 is 0 Å².